The minimum absolute atomic E-state index is 0. The monoisotopic (exact) mass is 594 g/mol. The van der Waals surface area contributed by atoms with Crippen molar-refractivity contribution in [3.05, 3.63) is 28.7 Å². The topological polar surface area (TPSA) is 114 Å². The molecule has 0 aromatic carbocycles. The van der Waals surface area contributed by atoms with Crippen molar-refractivity contribution in [3.63, 3.8) is 0 Å². The minimum atomic E-state index is -0.145. The normalized spacial score (nSPS) is 23.6. The summed E-state index contributed by atoms with van der Waals surface area (Å²) in [4.78, 5) is 30.0. The maximum absolute atomic E-state index is 11.9. The lowest BCUT2D eigenvalue weighted by Gasteiger charge is -2.35. The van der Waals surface area contributed by atoms with E-state index in [1.54, 1.807) is 11.3 Å². The van der Waals surface area contributed by atoms with Gasteiger partial charge < -0.3 is 25.7 Å². The molecular formula is C27H40Cl2N8OS. The number of nitrogens with zero attached hydrogens (tertiary/aromatic N) is 5. The number of carbonyl (C=O) groups excluding carboxylic acids is 1. The molecule has 12 heteroatoms. The largest absolute Gasteiger partial charge is 0.365 e. The van der Waals surface area contributed by atoms with Gasteiger partial charge in [-0.1, -0.05) is 18.9 Å². The highest BCUT2D eigenvalue weighted by Gasteiger charge is 2.28. The summed E-state index contributed by atoms with van der Waals surface area (Å²) in [7, 11) is 0. The summed E-state index contributed by atoms with van der Waals surface area (Å²) >= 11 is 1.65. The Kier molecular flexibility index (Phi) is 10.4. The van der Waals surface area contributed by atoms with Crippen LogP contribution < -0.4 is 16.4 Å². The summed E-state index contributed by atoms with van der Waals surface area (Å²) in [6.07, 6.45) is 14.0. The molecule has 214 valence electrons. The van der Waals surface area contributed by atoms with Crippen molar-refractivity contribution < 1.29 is 4.79 Å². The molecule has 4 heterocycles. The summed E-state index contributed by atoms with van der Waals surface area (Å²) in [6, 6.07) is 5.34. The van der Waals surface area contributed by atoms with Crippen LogP contribution in [0.1, 0.15) is 81.2 Å². The molecule has 1 unspecified atom stereocenters. The van der Waals surface area contributed by atoms with Gasteiger partial charge >= 0.3 is 0 Å². The number of hydrogen-bond acceptors (Lipinski definition) is 9. The van der Waals surface area contributed by atoms with Crippen molar-refractivity contribution >= 4 is 65.4 Å². The van der Waals surface area contributed by atoms with Gasteiger partial charge in [0.2, 0.25) is 5.95 Å². The summed E-state index contributed by atoms with van der Waals surface area (Å²) < 4.78 is 2.27. The van der Waals surface area contributed by atoms with E-state index in [4.69, 9.17) is 20.7 Å². The Balaban J connectivity index is 0.00000176. The number of anilines is 2. The Morgan fingerprint density at radius 1 is 0.974 bits per heavy atom. The van der Waals surface area contributed by atoms with Crippen molar-refractivity contribution in [2.75, 3.05) is 23.7 Å². The van der Waals surface area contributed by atoms with E-state index in [9.17, 15) is 4.79 Å². The number of fused-ring (bicyclic) bond motifs is 1. The van der Waals surface area contributed by atoms with Crippen molar-refractivity contribution in [1.29, 1.82) is 0 Å². The number of nitrogens with one attached hydrogen (secondary N) is 2. The molecule has 0 amide bonds. The van der Waals surface area contributed by atoms with Gasteiger partial charge in [-0.2, -0.15) is 9.97 Å². The maximum atomic E-state index is 11.9. The number of likely N-dealkylation sites (tertiary alicyclic amines) is 1. The Labute approximate surface area is 246 Å². The average molecular weight is 596 g/mol. The Morgan fingerprint density at radius 2 is 1.69 bits per heavy atom. The van der Waals surface area contributed by atoms with E-state index in [0.29, 0.717) is 24.1 Å². The maximum Gasteiger partial charge on any atom is 0.227 e. The third-order valence-electron chi connectivity index (χ3n) is 8.47. The van der Waals surface area contributed by atoms with E-state index in [1.807, 2.05) is 17.8 Å². The number of piperidine rings is 1. The van der Waals surface area contributed by atoms with Crippen LogP contribution >= 0.6 is 36.2 Å². The van der Waals surface area contributed by atoms with Crippen LogP contribution in [0, 0.1) is 0 Å². The molecule has 9 nitrogen and oxygen atoms in total. The molecular weight excluding hydrogens is 555 g/mol. The predicted octanol–water partition coefficient (Wildman–Crippen LogP) is 5.34. The van der Waals surface area contributed by atoms with E-state index in [0.717, 1.165) is 79.8 Å². The minimum Gasteiger partial charge on any atom is -0.365 e. The van der Waals surface area contributed by atoms with E-state index >= 15 is 0 Å². The molecule has 3 aromatic heterocycles. The number of nitrogens with two attached hydrogens (primary N) is 1. The highest BCUT2D eigenvalue weighted by Crippen LogP contribution is 2.34. The Bertz CT molecular complexity index is 1190. The van der Waals surface area contributed by atoms with Crippen LogP contribution in [0.3, 0.4) is 0 Å². The molecule has 0 radical (unpaired) electrons. The summed E-state index contributed by atoms with van der Waals surface area (Å²) in [5.41, 5.74) is 7.91. The Hall–Kier alpha value is -1.98. The van der Waals surface area contributed by atoms with Gasteiger partial charge in [0.05, 0.1) is 6.33 Å². The van der Waals surface area contributed by atoms with Crippen molar-refractivity contribution in [2.24, 2.45) is 5.73 Å². The number of aldehydes is 1. The third kappa shape index (κ3) is 6.68. The first-order chi connectivity index (χ1) is 18.2. The second-order valence-electron chi connectivity index (χ2n) is 11.0. The molecule has 6 rings (SSSR count). The first-order valence-corrected chi connectivity index (χ1v) is 14.8. The van der Waals surface area contributed by atoms with Crippen LogP contribution in [-0.2, 0) is 4.79 Å². The fourth-order valence-corrected chi connectivity index (χ4v) is 7.10. The second kappa shape index (κ2) is 13.6. The van der Waals surface area contributed by atoms with Crippen LogP contribution in [0.5, 0.6) is 0 Å². The van der Waals surface area contributed by atoms with E-state index in [1.165, 1.54) is 25.7 Å². The van der Waals surface area contributed by atoms with Gasteiger partial charge in [-0.15, -0.1) is 36.2 Å². The molecule has 2 aliphatic carbocycles. The molecule has 4 N–H and O–H groups in total. The number of imidazole rings is 1. The SMILES string of the molecule is Cl.Cl.NC1CCC(Nc2nc(NC3CCN(C(C=O)c4cccs4)CC3)c3ncn(C4CCCC4)c3n2)CC1. The van der Waals surface area contributed by atoms with Gasteiger partial charge in [-0.25, -0.2) is 4.98 Å². The first-order valence-electron chi connectivity index (χ1n) is 13.9. The summed E-state index contributed by atoms with van der Waals surface area (Å²) in [6.45, 7) is 1.74. The van der Waals surface area contributed by atoms with E-state index < -0.39 is 0 Å². The zero-order valence-electron chi connectivity index (χ0n) is 22.2. The van der Waals surface area contributed by atoms with Crippen LogP contribution in [0.4, 0.5) is 11.8 Å². The van der Waals surface area contributed by atoms with Crippen LogP contribution in [0.15, 0.2) is 23.8 Å². The van der Waals surface area contributed by atoms with Gasteiger partial charge in [-0.3, -0.25) is 4.90 Å². The molecule has 3 aromatic rings. The van der Waals surface area contributed by atoms with E-state index in [-0.39, 0.29) is 36.9 Å². The lowest BCUT2D eigenvalue weighted by molar-refractivity contribution is -0.112. The second-order valence-corrected chi connectivity index (χ2v) is 11.9. The predicted molar refractivity (Wildman–Crippen MR) is 163 cm³/mol. The first kappa shape index (κ1) is 30.0. The number of thiophene rings is 1. The van der Waals surface area contributed by atoms with Gasteiger partial charge in [0.25, 0.3) is 0 Å². The standard InChI is InChI=1S/C27H38N8OS.2ClH/c28-18-7-9-19(10-8-18)31-27-32-25(24-26(33-27)35(17-29-24)21-4-1-2-5-21)30-20-11-13-34(14-12-20)22(16-36)23-6-3-15-37-23;;/h3,6,15-22H,1-2,4-5,7-14,28H2,(H2,30,31,32,33);2*1H. The van der Waals surface area contributed by atoms with Gasteiger partial charge in [0, 0.05) is 42.1 Å². The number of hydrogen-bond donors (Lipinski definition) is 3. The Morgan fingerprint density at radius 3 is 2.36 bits per heavy atom. The van der Waals surface area contributed by atoms with Crippen LogP contribution in [0.2, 0.25) is 0 Å². The van der Waals surface area contributed by atoms with Crippen LogP contribution in [-0.4, -0.2) is 61.9 Å². The highest BCUT2D eigenvalue weighted by atomic mass is 35.5. The van der Waals surface area contributed by atoms with Gasteiger partial charge in [0.15, 0.2) is 17.0 Å². The third-order valence-corrected chi connectivity index (χ3v) is 9.41. The number of rotatable bonds is 8. The molecule has 0 spiro atoms. The lowest BCUT2D eigenvalue weighted by Crippen LogP contribution is -2.41. The highest BCUT2D eigenvalue weighted by molar-refractivity contribution is 7.10. The summed E-state index contributed by atoms with van der Waals surface area (Å²) in [5, 5.41) is 9.38. The van der Waals surface area contributed by atoms with Crippen molar-refractivity contribution in [2.45, 2.75) is 94.4 Å². The lowest BCUT2D eigenvalue weighted by atomic mass is 9.92. The van der Waals surface area contributed by atoms with Crippen LogP contribution in [0.25, 0.3) is 11.2 Å². The molecule has 3 aliphatic rings. The molecule has 3 fully saturated rings. The fourth-order valence-electron chi connectivity index (χ4n) is 6.29. The number of carbonyl (C=O) groups is 1. The number of aromatic nitrogens is 4. The molecule has 2 saturated carbocycles. The van der Waals surface area contributed by atoms with Gasteiger partial charge in [-0.05, 0) is 62.8 Å². The summed E-state index contributed by atoms with van der Waals surface area (Å²) in [5.74, 6) is 1.51. The molecule has 39 heavy (non-hydrogen) atoms. The molecule has 1 atom stereocenters. The molecule has 0 bridgehead atoms. The fraction of sp³-hybridized carbons (Fsp3) is 0.630. The number of halogens is 2. The van der Waals surface area contributed by atoms with E-state index in [2.05, 4.69) is 26.2 Å². The smallest absolute Gasteiger partial charge is 0.227 e. The zero-order valence-corrected chi connectivity index (χ0v) is 24.7. The van der Waals surface area contributed by atoms with Crippen molar-refractivity contribution in [1.82, 2.24) is 24.4 Å². The van der Waals surface area contributed by atoms with Crippen molar-refractivity contribution in [3.8, 4) is 0 Å². The molecule has 1 aliphatic heterocycles. The van der Waals surface area contributed by atoms with Gasteiger partial charge in [0.1, 0.15) is 12.3 Å². The quantitative estimate of drug-likeness (QED) is 0.299. The average Bonchev–Trinajstić information content (AvgIpc) is 3.69. The molecule has 1 saturated heterocycles. The zero-order chi connectivity index (χ0) is 25.2.